The van der Waals surface area contributed by atoms with Gasteiger partial charge in [-0.3, -0.25) is 19.3 Å². The number of hydrogen-bond acceptors (Lipinski definition) is 8. The standard InChI is InChI=1S/C28H43N3O6S/c1-4-9-30(12-11-29-13-17-36-18-14-29)26(34)24-28-20(3)19-21(38-28)22(27(35)37-16-5-2)23(28)25(33)31(24)10-7-6-8-15-32/h4-5,20-24,32H,1-2,6-19H2,3H3/t20?,21-,22+,23-,24?,28?/m0/s1. The van der Waals surface area contributed by atoms with E-state index in [1.807, 2.05) is 4.90 Å². The minimum atomic E-state index is -0.661. The maximum atomic E-state index is 14.4. The predicted molar refractivity (Wildman–Crippen MR) is 147 cm³/mol. The zero-order chi connectivity index (χ0) is 27.3. The third-order valence-corrected chi connectivity index (χ3v) is 10.7. The van der Waals surface area contributed by atoms with Crippen molar-refractivity contribution in [3.05, 3.63) is 25.3 Å². The number of aliphatic hydroxyl groups is 1. The smallest absolute Gasteiger partial charge is 0.311 e. The Morgan fingerprint density at radius 1 is 1.21 bits per heavy atom. The molecule has 2 bridgehead atoms. The van der Waals surface area contributed by atoms with Crippen LogP contribution in [0.25, 0.3) is 0 Å². The molecule has 0 aromatic carbocycles. The number of esters is 1. The van der Waals surface area contributed by atoms with E-state index >= 15 is 0 Å². The second-order valence-electron chi connectivity index (χ2n) is 10.8. The molecule has 10 heteroatoms. The molecule has 4 aliphatic rings. The Hall–Kier alpha value is -1.88. The number of morpholine rings is 1. The topological polar surface area (TPSA) is 99.6 Å². The third-order valence-electron chi connectivity index (χ3n) is 8.60. The molecule has 38 heavy (non-hydrogen) atoms. The molecule has 9 nitrogen and oxygen atoms in total. The van der Waals surface area contributed by atoms with Gasteiger partial charge in [0.05, 0.1) is 29.8 Å². The average molecular weight is 550 g/mol. The molecular weight excluding hydrogens is 506 g/mol. The number of nitrogens with zero attached hydrogens (tertiary/aromatic N) is 3. The van der Waals surface area contributed by atoms with Crippen molar-refractivity contribution in [2.24, 2.45) is 17.8 Å². The summed E-state index contributed by atoms with van der Waals surface area (Å²) in [5, 5.41) is 9.20. The molecule has 0 aromatic rings. The zero-order valence-electron chi connectivity index (χ0n) is 22.6. The van der Waals surface area contributed by atoms with Gasteiger partial charge in [-0.1, -0.05) is 25.7 Å². The van der Waals surface area contributed by atoms with Crippen LogP contribution in [0.2, 0.25) is 0 Å². The van der Waals surface area contributed by atoms with Gasteiger partial charge in [0, 0.05) is 51.1 Å². The highest BCUT2D eigenvalue weighted by Crippen LogP contribution is 2.68. The van der Waals surface area contributed by atoms with Crippen LogP contribution in [-0.2, 0) is 23.9 Å². The highest BCUT2D eigenvalue weighted by atomic mass is 32.2. The summed E-state index contributed by atoms with van der Waals surface area (Å²) in [4.78, 5) is 47.6. The van der Waals surface area contributed by atoms with Crippen molar-refractivity contribution in [2.75, 3.05) is 65.7 Å². The van der Waals surface area contributed by atoms with Gasteiger partial charge in [0.25, 0.3) is 0 Å². The van der Waals surface area contributed by atoms with Gasteiger partial charge in [-0.2, -0.15) is 0 Å². The Morgan fingerprint density at radius 2 is 1.97 bits per heavy atom. The van der Waals surface area contributed by atoms with Crippen molar-refractivity contribution in [1.82, 2.24) is 14.7 Å². The summed E-state index contributed by atoms with van der Waals surface area (Å²) < 4.78 is 10.3. The van der Waals surface area contributed by atoms with Crippen molar-refractivity contribution in [1.29, 1.82) is 0 Å². The van der Waals surface area contributed by atoms with Crippen LogP contribution in [0.15, 0.2) is 25.3 Å². The molecule has 1 N–H and O–H groups in total. The summed E-state index contributed by atoms with van der Waals surface area (Å²) in [6.07, 6.45) is 6.17. The molecule has 212 valence electrons. The molecule has 3 unspecified atom stereocenters. The van der Waals surface area contributed by atoms with E-state index in [1.165, 1.54) is 6.08 Å². The van der Waals surface area contributed by atoms with Crippen molar-refractivity contribution in [3.8, 4) is 0 Å². The number of amides is 2. The molecule has 0 aliphatic carbocycles. The number of fused-ring (bicyclic) bond motifs is 1. The van der Waals surface area contributed by atoms with Crippen molar-refractivity contribution in [2.45, 2.75) is 48.6 Å². The predicted octanol–water partition coefficient (Wildman–Crippen LogP) is 1.56. The maximum absolute atomic E-state index is 14.4. The van der Waals surface area contributed by atoms with Crippen LogP contribution in [0.5, 0.6) is 0 Å². The van der Waals surface area contributed by atoms with Crippen LogP contribution in [0, 0.1) is 17.8 Å². The molecule has 4 fully saturated rings. The molecule has 0 aromatic heterocycles. The summed E-state index contributed by atoms with van der Waals surface area (Å²) in [6.45, 7) is 15.0. The van der Waals surface area contributed by atoms with E-state index in [1.54, 1.807) is 22.7 Å². The van der Waals surface area contributed by atoms with E-state index in [0.29, 0.717) is 45.7 Å². The van der Waals surface area contributed by atoms with Gasteiger partial charge in [-0.15, -0.1) is 18.3 Å². The number of rotatable bonds is 14. The van der Waals surface area contributed by atoms with Gasteiger partial charge in [-0.25, -0.2) is 0 Å². The quantitative estimate of drug-likeness (QED) is 0.198. The molecule has 6 atom stereocenters. The van der Waals surface area contributed by atoms with Crippen LogP contribution in [0.1, 0.15) is 32.6 Å². The first-order valence-electron chi connectivity index (χ1n) is 14.0. The summed E-state index contributed by atoms with van der Waals surface area (Å²) >= 11 is 1.67. The van der Waals surface area contributed by atoms with Crippen molar-refractivity contribution >= 4 is 29.5 Å². The lowest BCUT2D eigenvalue weighted by Crippen LogP contribution is -2.58. The fraction of sp³-hybridized carbons (Fsp3) is 0.750. The SMILES string of the molecule is C=CCOC(=O)[C@@H]1[C@@H]2CC(C)C3(S2)C(C(=O)N(CC=C)CCN2CCOCC2)N(CCCCCO)C(=O)[C@H]13. The lowest BCUT2D eigenvalue weighted by Gasteiger charge is -2.41. The summed E-state index contributed by atoms with van der Waals surface area (Å²) in [7, 11) is 0. The van der Waals surface area contributed by atoms with Crippen LogP contribution >= 0.6 is 11.8 Å². The number of likely N-dealkylation sites (tertiary alicyclic amines) is 1. The Balaban J connectivity index is 1.63. The largest absolute Gasteiger partial charge is 0.461 e. The van der Waals surface area contributed by atoms with E-state index in [2.05, 4.69) is 25.0 Å². The summed E-state index contributed by atoms with van der Waals surface area (Å²) in [5.74, 6) is -1.55. The van der Waals surface area contributed by atoms with Gasteiger partial charge in [0.1, 0.15) is 12.6 Å². The van der Waals surface area contributed by atoms with Gasteiger partial charge in [0.15, 0.2) is 0 Å². The minimum absolute atomic E-state index is 0.0377. The van der Waals surface area contributed by atoms with Gasteiger partial charge < -0.3 is 24.4 Å². The minimum Gasteiger partial charge on any atom is -0.461 e. The van der Waals surface area contributed by atoms with E-state index in [9.17, 15) is 19.5 Å². The Morgan fingerprint density at radius 3 is 2.66 bits per heavy atom. The number of ether oxygens (including phenoxy) is 2. The lowest BCUT2D eigenvalue weighted by molar-refractivity contribution is -0.153. The number of unbranched alkanes of at least 4 members (excludes halogenated alkanes) is 2. The molecule has 0 radical (unpaired) electrons. The monoisotopic (exact) mass is 549 g/mol. The molecule has 4 rings (SSSR count). The molecular formula is C28H43N3O6S. The number of aliphatic hydroxyl groups excluding tert-OH is 1. The van der Waals surface area contributed by atoms with Gasteiger partial charge in [-0.05, 0) is 31.6 Å². The van der Waals surface area contributed by atoms with Crippen molar-refractivity contribution < 1.29 is 29.0 Å². The lowest BCUT2D eigenvalue weighted by atomic mass is 9.66. The molecule has 2 amide bonds. The first kappa shape index (κ1) is 29.1. The molecule has 0 saturated carbocycles. The van der Waals surface area contributed by atoms with E-state index in [4.69, 9.17) is 9.47 Å². The second-order valence-corrected chi connectivity index (χ2v) is 12.4. The summed E-state index contributed by atoms with van der Waals surface area (Å²) in [6, 6.07) is -0.638. The number of hydrogen-bond donors (Lipinski definition) is 1. The second kappa shape index (κ2) is 13.0. The Bertz CT molecular complexity index is 896. The van der Waals surface area contributed by atoms with Crippen molar-refractivity contribution in [3.63, 3.8) is 0 Å². The van der Waals surface area contributed by atoms with Crippen LogP contribution < -0.4 is 0 Å². The zero-order valence-corrected chi connectivity index (χ0v) is 23.4. The first-order valence-corrected chi connectivity index (χ1v) is 14.8. The average Bonchev–Trinajstić information content (AvgIpc) is 3.51. The Labute approximate surface area is 230 Å². The van der Waals surface area contributed by atoms with Gasteiger partial charge in [0.2, 0.25) is 11.8 Å². The van der Waals surface area contributed by atoms with Crippen LogP contribution in [0.3, 0.4) is 0 Å². The third kappa shape index (κ3) is 5.42. The molecule has 1 spiro atoms. The fourth-order valence-electron chi connectivity index (χ4n) is 6.82. The Kier molecular flexibility index (Phi) is 9.95. The highest BCUT2D eigenvalue weighted by molar-refractivity contribution is 8.02. The van der Waals surface area contributed by atoms with Gasteiger partial charge >= 0.3 is 5.97 Å². The van der Waals surface area contributed by atoms with Crippen LogP contribution in [-0.4, -0.2) is 119 Å². The number of carbonyl (C=O) groups excluding carboxylic acids is 3. The number of thioether (sulfide) groups is 1. The van der Waals surface area contributed by atoms with Crippen LogP contribution in [0.4, 0.5) is 0 Å². The molecule has 4 aliphatic heterocycles. The fourth-order valence-corrected chi connectivity index (χ4v) is 9.23. The highest BCUT2D eigenvalue weighted by Gasteiger charge is 2.76. The molecule has 4 saturated heterocycles. The van der Waals surface area contributed by atoms with E-state index in [-0.39, 0.29) is 42.2 Å². The first-order chi connectivity index (χ1) is 18.4. The maximum Gasteiger partial charge on any atom is 0.311 e. The van der Waals surface area contributed by atoms with E-state index < -0.39 is 22.6 Å². The van der Waals surface area contributed by atoms with E-state index in [0.717, 1.165) is 32.5 Å². The molecule has 4 heterocycles. The number of carbonyl (C=O) groups is 3. The summed E-state index contributed by atoms with van der Waals surface area (Å²) in [5.41, 5.74) is 0. The normalized spacial score (nSPS) is 32.3.